The molecule has 2 aromatic rings. The molecule has 0 fully saturated rings. The molecule has 1 aromatic carbocycles. The maximum atomic E-state index is 12.6. The summed E-state index contributed by atoms with van der Waals surface area (Å²) in [5.74, 6) is -0.387. The van der Waals surface area contributed by atoms with Crippen LogP contribution in [0.15, 0.2) is 39.9 Å². The zero-order valence-corrected chi connectivity index (χ0v) is 19.0. The first-order valence-electron chi connectivity index (χ1n) is 9.43. The molecule has 0 unspecified atom stereocenters. The number of rotatable bonds is 4. The van der Waals surface area contributed by atoms with Gasteiger partial charge in [0.05, 0.1) is 5.57 Å². The topological polar surface area (TPSA) is 73.8 Å². The Morgan fingerprint density at radius 1 is 1.17 bits per heavy atom. The van der Waals surface area contributed by atoms with Gasteiger partial charge in [0.25, 0.3) is 5.91 Å². The summed E-state index contributed by atoms with van der Waals surface area (Å²) in [5.41, 5.74) is 3.73. The molecular formula is C21H19Cl2N5OS. The maximum absolute atomic E-state index is 12.6. The molecule has 4 rings (SSSR count). The molecule has 0 saturated carbocycles. The lowest BCUT2D eigenvalue weighted by Crippen LogP contribution is -2.35. The Balaban J connectivity index is 1.74. The van der Waals surface area contributed by atoms with Gasteiger partial charge in [-0.1, -0.05) is 30.1 Å². The number of hydrogen-bond donors (Lipinski definition) is 1. The number of benzene rings is 1. The molecule has 1 N–H and O–H groups in total. The molecule has 0 spiro atoms. The molecule has 1 amide bonds. The Hall–Kier alpha value is -2.35. The molecule has 2 aliphatic heterocycles. The summed E-state index contributed by atoms with van der Waals surface area (Å²) >= 11 is 13.7. The van der Waals surface area contributed by atoms with Gasteiger partial charge in [-0.3, -0.25) is 10.2 Å². The highest BCUT2D eigenvalue weighted by Gasteiger charge is 2.35. The average Bonchev–Trinajstić information content (AvgIpc) is 3.18. The van der Waals surface area contributed by atoms with Crippen LogP contribution in [0.5, 0.6) is 0 Å². The molecule has 2 aliphatic rings. The normalized spacial score (nSPS) is 17.5. The van der Waals surface area contributed by atoms with E-state index in [1.165, 1.54) is 16.8 Å². The predicted molar refractivity (Wildman–Crippen MR) is 125 cm³/mol. The van der Waals surface area contributed by atoms with Crippen molar-refractivity contribution < 1.29 is 4.79 Å². The third kappa shape index (κ3) is 3.73. The first-order chi connectivity index (χ1) is 14.3. The van der Waals surface area contributed by atoms with E-state index in [0.717, 1.165) is 40.5 Å². The van der Waals surface area contributed by atoms with Crippen molar-refractivity contribution in [1.82, 2.24) is 9.58 Å². The number of amidine groups is 2. The van der Waals surface area contributed by atoms with E-state index in [1.807, 2.05) is 36.6 Å². The minimum atomic E-state index is -0.428. The lowest BCUT2D eigenvalue weighted by molar-refractivity contribution is -0.114. The Kier molecular flexibility index (Phi) is 5.61. The highest BCUT2D eigenvalue weighted by molar-refractivity contribution is 8.26. The van der Waals surface area contributed by atoms with E-state index in [1.54, 1.807) is 12.1 Å². The summed E-state index contributed by atoms with van der Waals surface area (Å²) in [6.45, 7) is 5.97. The van der Waals surface area contributed by atoms with Crippen molar-refractivity contribution in [3.63, 3.8) is 0 Å². The quantitative estimate of drug-likeness (QED) is 0.585. The van der Waals surface area contributed by atoms with E-state index in [-0.39, 0.29) is 11.4 Å². The third-order valence-electron chi connectivity index (χ3n) is 4.84. The number of hydrazone groups is 1. The van der Waals surface area contributed by atoms with Crippen LogP contribution in [0.3, 0.4) is 0 Å². The molecule has 30 heavy (non-hydrogen) atoms. The monoisotopic (exact) mass is 459 g/mol. The van der Waals surface area contributed by atoms with Crippen LogP contribution >= 0.6 is 35.0 Å². The molecular weight excluding hydrogens is 441 g/mol. The number of amides is 1. The molecule has 0 atom stereocenters. The summed E-state index contributed by atoms with van der Waals surface area (Å²) < 4.78 is 2.01. The zero-order valence-electron chi connectivity index (χ0n) is 16.7. The van der Waals surface area contributed by atoms with Gasteiger partial charge in [-0.05, 0) is 74.4 Å². The summed E-state index contributed by atoms with van der Waals surface area (Å²) in [6.07, 6.45) is 3.44. The van der Waals surface area contributed by atoms with Crippen molar-refractivity contribution >= 4 is 63.0 Å². The number of thioether (sulfide) groups is 1. The minimum Gasteiger partial charge on any atom is -0.318 e. The second kappa shape index (κ2) is 8.06. The standard InChI is InChI=1S/C21H19Cl2N5OS/c1-4-5-18-26-28-19(24)17(20(29)25-21(28)30-18)7-13-6-11(2)27(12(13)3)16-9-14(22)8-15(23)10-16/h6-10,24H,4-5H2,1-3H3/b17-7+,24-19?. The highest BCUT2D eigenvalue weighted by Crippen LogP contribution is 2.31. The van der Waals surface area contributed by atoms with Gasteiger partial charge in [-0.2, -0.15) is 15.1 Å². The van der Waals surface area contributed by atoms with Gasteiger partial charge < -0.3 is 4.57 Å². The molecule has 154 valence electrons. The predicted octanol–water partition coefficient (Wildman–Crippen LogP) is 5.82. The van der Waals surface area contributed by atoms with Crippen LogP contribution in [-0.2, 0) is 4.79 Å². The smallest absolute Gasteiger partial charge is 0.283 e. The third-order valence-corrected chi connectivity index (χ3v) is 6.24. The summed E-state index contributed by atoms with van der Waals surface area (Å²) in [6, 6.07) is 7.31. The fourth-order valence-corrected chi connectivity index (χ4v) is 5.00. The van der Waals surface area contributed by atoms with Crippen LogP contribution in [0, 0.1) is 19.3 Å². The summed E-state index contributed by atoms with van der Waals surface area (Å²) in [5, 5.41) is 16.8. The fourth-order valence-electron chi connectivity index (χ4n) is 3.50. The second-order valence-electron chi connectivity index (χ2n) is 7.05. The Morgan fingerprint density at radius 3 is 2.53 bits per heavy atom. The van der Waals surface area contributed by atoms with Crippen LogP contribution < -0.4 is 0 Å². The van der Waals surface area contributed by atoms with Gasteiger partial charge >= 0.3 is 0 Å². The number of fused-ring (bicyclic) bond motifs is 1. The first kappa shape index (κ1) is 20.9. The maximum Gasteiger partial charge on any atom is 0.283 e. The van der Waals surface area contributed by atoms with Gasteiger partial charge in [0.1, 0.15) is 5.04 Å². The Morgan fingerprint density at radius 2 is 1.87 bits per heavy atom. The van der Waals surface area contributed by atoms with Crippen molar-refractivity contribution in [2.45, 2.75) is 33.6 Å². The van der Waals surface area contributed by atoms with Crippen LogP contribution in [0.2, 0.25) is 10.0 Å². The molecule has 1 aromatic heterocycles. The number of hydrogen-bond acceptors (Lipinski definition) is 4. The molecule has 9 heteroatoms. The lowest BCUT2D eigenvalue weighted by atomic mass is 10.1. The number of nitrogens with zero attached hydrogens (tertiary/aromatic N) is 4. The molecule has 0 bridgehead atoms. The van der Waals surface area contributed by atoms with Gasteiger partial charge in [-0.25, -0.2) is 0 Å². The molecule has 0 aliphatic carbocycles. The van der Waals surface area contributed by atoms with Crippen molar-refractivity contribution in [2.75, 3.05) is 0 Å². The zero-order chi connectivity index (χ0) is 21.6. The Bertz CT molecular complexity index is 1160. The largest absolute Gasteiger partial charge is 0.318 e. The number of aliphatic imine (C=N–C) groups is 1. The first-order valence-corrected chi connectivity index (χ1v) is 11.0. The molecule has 6 nitrogen and oxygen atoms in total. The average molecular weight is 460 g/mol. The van der Waals surface area contributed by atoms with E-state index in [2.05, 4.69) is 17.0 Å². The SMILES string of the molecule is CCCC1=NN2C(=N)/C(=C\c3cc(C)n(-c4cc(Cl)cc(Cl)c4)c3C)C(=O)N=C2S1. The molecule has 0 radical (unpaired) electrons. The van der Waals surface area contributed by atoms with Crippen LogP contribution in [-0.4, -0.2) is 31.5 Å². The Labute approximate surface area is 188 Å². The lowest BCUT2D eigenvalue weighted by Gasteiger charge is -2.20. The van der Waals surface area contributed by atoms with Crippen LogP contribution in [0.4, 0.5) is 0 Å². The van der Waals surface area contributed by atoms with E-state index >= 15 is 0 Å². The van der Waals surface area contributed by atoms with E-state index in [0.29, 0.717) is 15.2 Å². The van der Waals surface area contributed by atoms with Crippen molar-refractivity contribution in [3.05, 3.63) is 56.8 Å². The van der Waals surface area contributed by atoms with Gasteiger partial charge in [-0.15, -0.1) is 0 Å². The van der Waals surface area contributed by atoms with Crippen molar-refractivity contribution in [1.29, 1.82) is 5.41 Å². The van der Waals surface area contributed by atoms with Gasteiger partial charge in [0.15, 0.2) is 5.84 Å². The minimum absolute atomic E-state index is 0.0409. The molecule has 0 saturated heterocycles. The van der Waals surface area contributed by atoms with E-state index in [4.69, 9.17) is 28.6 Å². The summed E-state index contributed by atoms with van der Waals surface area (Å²) in [7, 11) is 0. The number of nitrogens with one attached hydrogen (secondary N) is 1. The fraction of sp³-hybridized carbons (Fsp3) is 0.238. The number of aromatic nitrogens is 1. The van der Waals surface area contributed by atoms with Gasteiger partial charge in [0, 0.05) is 27.1 Å². The van der Waals surface area contributed by atoms with Crippen LogP contribution in [0.1, 0.15) is 36.7 Å². The van der Waals surface area contributed by atoms with Gasteiger partial charge in [0.2, 0.25) is 5.17 Å². The number of carbonyl (C=O) groups is 1. The number of halogens is 2. The summed E-state index contributed by atoms with van der Waals surface area (Å²) in [4.78, 5) is 16.8. The van der Waals surface area contributed by atoms with Crippen LogP contribution in [0.25, 0.3) is 11.8 Å². The number of aryl methyl sites for hydroxylation is 1. The van der Waals surface area contributed by atoms with Crippen molar-refractivity contribution in [3.8, 4) is 5.69 Å². The number of carbonyl (C=O) groups excluding carboxylic acids is 1. The van der Waals surface area contributed by atoms with E-state index < -0.39 is 5.91 Å². The van der Waals surface area contributed by atoms with E-state index in [9.17, 15) is 4.79 Å². The second-order valence-corrected chi connectivity index (χ2v) is 8.97. The van der Waals surface area contributed by atoms with Crippen molar-refractivity contribution in [2.24, 2.45) is 10.1 Å². The highest BCUT2D eigenvalue weighted by atomic mass is 35.5. The molecule has 3 heterocycles.